The Balaban J connectivity index is 1.69. The Labute approximate surface area is 124 Å². The van der Waals surface area contributed by atoms with E-state index in [1.54, 1.807) is 12.1 Å². The van der Waals surface area contributed by atoms with Crippen molar-refractivity contribution >= 4 is 5.91 Å². The minimum Gasteiger partial charge on any atom is -0.321 e. The van der Waals surface area contributed by atoms with Crippen LogP contribution in [0.2, 0.25) is 0 Å². The molecule has 0 aromatic heterocycles. The van der Waals surface area contributed by atoms with Gasteiger partial charge in [0.15, 0.2) is 0 Å². The standard InChI is InChI=1S/C17H21FN2O/c18-14-6-2-1-5-13(14)15-19-17(9-3-4-10-17)16(21)20(15)11-12-7-8-12/h1-2,5-6,12,15,19H,3-4,7-11H2. The lowest BCUT2D eigenvalue weighted by molar-refractivity contribution is -0.133. The van der Waals surface area contributed by atoms with Crippen molar-refractivity contribution in [1.82, 2.24) is 10.2 Å². The van der Waals surface area contributed by atoms with E-state index in [0.29, 0.717) is 11.5 Å². The SMILES string of the molecule is O=C1N(CC2CC2)C(c2ccccc2F)NC12CCCC2. The van der Waals surface area contributed by atoms with E-state index >= 15 is 0 Å². The van der Waals surface area contributed by atoms with Gasteiger partial charge in [-0.05, 0) is 37.7 Å². The van der Waals surface area contributed by atoms with E-state index in [1.807, 2.05) is 11.0 Å². The lowest BCUT2D eigenvalue weighted by Gasteiger charge is -2.24. The first-order valence-corrected chi connectivity index (χ1v) is 8.03. The number of halogens is 1. The molecule has 1 amide bonds. The number of nitrogens with one attached hydrogen (secondary N) is 1. The third-order valence-electron chi connectivity index (χ3n) is 5.20. The summed E-state index contributed by atoms with van der Waals surface area (Å²) in [7, 11) is 0. The summed E-state index contributed by atoms with van der Waals surface area (Å²) in [6.45, 7) is 0.770. The Morgan fingerprint density at radius 2 is 1.95 bits per heavy atom. The molecule has 1 N–H and O–H groups in total. The molecule has 2 saturated carbocycles. The fourth-order valence-corrected chi connectivity index (χ4v) is 3.84. The summed E-state index contributed by atoms with van der Waals surface area (Å²) in [4.78, 5) is 14.8. The molecule has 4 rings (SSSR count). The summed E-state index contributed by atoms with van der Waals surface area (Å²) in [6, 6.07) is 6.83. The predicted molar refractivity (Wildman–Crippen MR) is 77.9 cm³/mol. The zero-order valence-corrected chi connectivity index (χ0v) is 12.1. The summed E-state index contributed by atoms with van der Waals surface area (Å²) in [5.41, 5.74) is 0.178. The van der Waals surface area contributed by atoms with Gasteiger partial charge >= 0.3 is 0 Å². The van der Waals surface area contributed by atoms with E-state index in [0.717, 1.165) is 32.2 Å². The van der Waals surface area contributed by atoms with Crippen LogP contribution in [-0.2, 0) is 4.79 Å². The number of carbonyl (C=O) groups excluding carboxylic acids is 1. The molecule has 1 saturated heterocycles. The first-order valence-electron chi connectivity index (χ1n) is 8.03. The smallest absolute Gasteiger partial charge is 0.244 e. The number of rotatable bonds is 3. The van der Waals surface area contributed by atoms with Crippen molar-refractivity contribution in [3.63, 3.8) is 0 Å². The Bertz CT molecular complexity index is 564. The van der Waals surface area contributed by atoms with E-state index in [2.05, 4.69) is 5.32 Å². The number of carbonyl (C=O) groups is 1. The van der Waals surface area contributed by atoms with Crippen LogP contribution in [0.1, 0.15) is 50.3 Å². The van der Waals surface area contributed by atoms with Gasteiger partial charge < -0.3 is 4.90 Å². The lowest BCUT2D eigenvalue weighted by Crippen LogP contribution is -2.44. The van der Waals surface area contributed by atoms with Gasteiger partial charge in [-0.1, -0.05) is 31.0 Å². The first-order chi connectivity index (χ1) is 10.2. The van der Waals surface area contributed by atoms with Gasteiger partial charge in [0.2, 0.25) is 5.91 Å². The van der Waals surface area contributed by atoms with Gasteiger partial charge in [0.25, 0.3) is 0 Å². The minimum absolute atomic E-state index is 0.195. The maximum Gasteiger partial charge on any atom is 0.244 e. The van der Waals surface area contributed by atoms with E-state index in [4.69, 9.17) is 0 Å². The third kappa shape index (κ3) is 2.16. The highest BCUT2D eigenvalue weighted by molar-refractivity contribution is 5.89. The molecule has 4 heteroatoms. The Hall–Kier alpha value is -1.42. The van der Waals surface area contributed by atoms with Gasteiger partial charge in [-0.2, -0.15) is 0 Å². The van der Waals surface area contributed by atoms with Crippen LogP contribution in [0.5, 0.6) is 0 Å². The van der Waals surface area contributed by atoms with Crippen molar-refractivity contribution in [1.29, 1.82) is 0 Å². The van der Waals surface area contributed by atoms with Crippen LogP contribution < -0.4 is 5.32 Å². The van der Waals surface area contributed by atoms with Crippen molar-refractivity contribution in [3.8, 4) is 0 Å². The monoisotopic (exact) mass is 288 g/mol. The number of hydrogen-bond acceptors (Lipinski definition) is 2. The number of nitrogens with zero attached hydrogens (tertiary/aromatic N) is 1. The van der Waals surface area contributed by atoms with Crippen molar-refractivity contribution in [2.75, 3.05) is 6.54 Å². The molecule has 0 radical (unpaired) electrons. The fraction of sp³-hybridized carbons (Fsp3) is 0.588. The van der Waals surface area contributed by atoms with Crippen LogP contribution in [0.25, 0.3) is 0 Å². The molecule has 1 aromatic rings. The Morgan fingerprint density at radius 1 is 1.24 bits per heavy atom. The van der Waals surface area contributed by atoms with Gasteiger partial charge in [-0.3, -0.25) is 10.1 Å². The maximum absolute atomic E-state index is 14.2. The molecule has 1 heterocycles. The molecule has 0 bridgehead atoms. The lowest BCUT2D eigenvalue weighted by atomic mass is 9.98. The first kappa shape index (κ1) is 13.3. The summed E-state index contributed by atoms with van der Waals surface area (Å²) < 4.78 is 14.2. The van der Waals surface area contributed by atoms with Crippen LogP contribution in [-0.4, -0.2) is 22.9 Å². The Morgan fingerprint density at radius 3 is 2.62 bits per heavy atom. The predicted octanol–water partition coefficient (Wildman–Crippen LogP) is 2.98. The molecule has 112 valence electrons. The van der Waals surface area contributed by atoms with Gasteiger partial charge in [-0.25, -0.2) is 4.39 Å². The topological polar surface area (TPSA) is 32.3 Å². The van der Waals surface area contributed by atoms with Crippen molar-refractivity contribution < 1.29 is 9.18 Å². The average Bonchev–Trinajstić information content (AvgIpc) is 3.12. The van der Waals surface area contributed by atoms with E-state index in [1.165, 1.54) is 18.9 Å². The van der Waals surface area contributed by atoms with Crippen LogP contribution in [0.4, 0.5) is 4.39 Å². The maximum atomic E-state index is 14.2. The summed E-state index contributed by atoms with van der Waals surface area (Å²) in [5.74, 6) is 0.584. The van der Waals surface area contributed by atoms with E-state index in [9.17, 15) is 9.18 Å². The summed E-state index contributed by atoms with van der Waals surface area (Å²) in [6.07, 6.45) is 6.04. The van der Waals surface area contributed by atoms with Crippen molar-refractivity contribution in [2.45, 2.75) is 50.2 Å². The van der Waals surface area contributed by atoms with Crippen molar-refractivity contribution in [2.24, 2.45) is 5.92 Å². The van der Waals surface area contributed by atoms with Gasteiger partial charge in [0.05, 0.1) is 5.54 Å². The zero-order valence-electron chi connectivity index (χ0n) is 12.1. The molecule has 1 spiro atoms. The number of benzene rings is 1. The normalized spacial score (nSPS) is 27.8. The highest BCUT2D eigenvalue weighted by Crippen LogP contribution is 2.43. The second-order valence-electron chi connectivity index (χ2n) is 6.76. The average molecular weight is 288 g/mol. The highest BCUT2D eigenvalue weighted by Gasteiger charge is 2.53. The summed E-state index contributed by atoms with van der Waals surface area (Å²) >= 11 is 0. The second kappa shape index (κ2) is 4.80. The molecule has 3 aliphatic rings. The number of amides is 1. The quantitative estimate of drug-likeness (QED) is 0.927. The highest BCUT2D eigenvalue weighted by atomic mass is 19.1. The molecular formula is C17H21FN2O. The molecule has 1 aromatic carbocycles. The van der Waals surface area contributed by atoms with Gasteiger partial charge in [-0.15, -0.1) is 0 Å². The van der Waals surface area contributed by atoms with Gasteiger partial charge in [0, 0.05) is 12.1 Å². The van der Waals surface area contributed by atoms with Crippen LogP contribution in [0.15, 0.2) is 24.3 Å². The molecule has 3 nitrogen and oxygen atoms in total. The van der Waals surface area contributed by atoms with Crippen molar-refractivity contribution in [3.05, 3.63) is 35.6 Å². The molecule has 2 aliphatic carbocycles. The van der Waals surface area contributed by atoms with Gasteiger partial charge in [0.1, 0.15) is 12.0 Å². The van der Waals surface area contributed by atoms with Crippen LogP contribution >= 0.6 is 0 Å². The molecule has 21 heavy (non-hydrogen) atoms. The van der Waals surface area contributed by atoms with Crippen LogP contribution in [0, 0.1) is 11.7 Å². The third-order valence-corrected chi connectivity index (χ3v) is 5.20. The molecule has 1 aliphatic heterocycles. The largest absolute Gasteiger partial charge is 0.321 e. The van der Waals surface area contributed by atoms with Crippen LogP contribution in [0.3, 0.4) is 0 Å². The molecule has 1 unspecified atom stereocenters. The number of hydrogen-bond donors (Lipinski definition) is 1. The molecular weight excluding hydrogens is 267 g/mol. The Kier molecular flexibility index (Phi) is 3.03. The minimum atomic E-state index is -0.429. The second-order valence-corrected chi connectivity index (χ2v) is 6.76. The molecule has 1 atom stereocenters. The summed E-state index contributed by atoms with van der Waals surface area (Å²) in [5, 5.41) is 3.49. The molecule has 3 fully saturated rings. The van der Waals surface area contributed by atoms with E-state index < -0.39 is 5.54 Å². The fourth-order valence-electron chi connectivity index (χ4n) is 3.84. The zero-order chi connectivity index (χ0) is 14.4. The van der Waals surface area contributed by atoms with E-state index in [-0.39, 0.29) is 17.9 Å².